The summed E-state index contributed by atoms with van der Waals surface area (Å²) in [5.74, 6) is 0.408. The van der Waals surface area contributed by atoms with E-state index in [9.17, 15) is 4.79 Å². The third-order valence-electron chi connectivity index (χ3n) is 2.52. The van der Waals surface area contributed by atoms with Crippen LogP contribution in [0.25, 0.3) is 0 Å². The van der Waals surface area contributed by atoms with Crippen LogP contribution in [0.5, 0.6) is 5.75 Å². The molecule has 0 fully saturated rings. The van der Waals surface area contributed by atoms with Gasteiger partial charge in [-0.1, -0.05) is 22.0 Å². The summed E-state index contributed by atoms with van der Waals surface area (Å²) in [6, 6.07) is 12.5. The van der Waals surface area contributed by atoms with E-state index in [4.69, 9.17) is 4.74 Å². The van der Waals surface area contributed by atoms with Crippen LogP contribution < -0.4 is 10.1 Å². The normalized spacial score (nSPS) is 10.1. The zero-order valence-corrected chi connectivity index (χ0v) is 12.7. The summed E-state index contributed by atoms with van der Waals surface area (Å²) in [4.78, 5) is 12.9. The lowest BCUT2D eigenvalue weighted by atomic mass is 10.2. The number of carbonyl (C=O) groups excluding carboxylic acids is 1. The Balaban J connectivity index is 2.26. The van der Waals surface area contributed by atoms with Gasteiger partial charge in [0.2, 0.25) is 0 Å². The van der Waals surface area contributed by atoms with E-state index in [0.717, 1.165) is 9.37 Å². The van der Waals surface area contributed by atoms with Crippen LogP contribution in [0.15, 0.2) is 51.8 Å². The van der Waals surface area contributed by atoms with Crippen molar-refractivity contribution in [3.05, 3.63) is 52.5 Å². The topological polar surface area (TPSA) is 38.3 Å². The lowest BCUT2D eigenvalue weighted by Crippen LogP contribution is -2.12. The van der Waals surface area contributed by atoms with Crippen LogP contribution in [0.1, 0.15) is 10.4 Å². The van der Waals surface area contributed by atoms with Gasteiger partial charge in [0.15, 0.2) is 0 Å². The Morgan fingerprint density at radius 1 is 1.26 bits per heavy atom. The number of amides is 1. The molecule has 0 bridgehead atoms. The molecule has 1 amide bonds. The number of ether oxygens (including phenoxy) is 1. The molecule has 0 heterocycles. The van der Waals surface area contributed by atoms with Gasteiger partial charge in [0, 0.05) is 14.9 Å². The molecule has 1 N–H and O–H groups in total. The second-order valence-electron chi connectivity index (χ2n) is 3.85. The van der Waals surface area contributed by atoms with E-state index in [1.807, 2.05) is 12.1 Å². The molecule has 0 radical (unpaired) electrons. The Hall–Kier alpha value is -1.46. The highest BCUT2D eigenvalue weighted by Crippen LogP contribution is 2.28. The quantitative estimate of drug-likeness (QED) is 0.831. The molecule has 0 aromatic heterocycles. The van der Waals surface area contributed by atoms with Gasteiger partial charge >= 0.3 is 0 Å². The van der Waals surface area contributed by atoms with Gasteiger partial charge in [-0.25, -0.2) is 0 Å². The standard InChI is InChI=1S/C14H12BrNO2S/c1-18-13-6-5-10(15)8-12(13)16-14(17)9-3-2-4-11(19)7-9/h2-8,19H,1H3,(H,16,17). The van der Waals surface area contributed by atoms with Gasteiger partial charge in [-0.05, 0) is 36.4 Å². The van der Waals surface area contributed by atoms with E-state index in [0.29, 0.717) is 17.0 Å². The zero-order valence-electron chi connectivity index (χ0n) is 10.2. The first-order valence-corrected chi connectivity index (χ1v) is 6.78. The number of nitrogens with one attached hydrogen (secondary N) is 1. The minimum Gasteiger partial charge on any atom is -0.495 e. The number of benzene rings is 2. The minimum absolute atomic E-state index is 0.202. The summed E-state index contributed by atoms with van der Waals surface area (Å²) in [5, 5.41) is 2.82. The fourth-order valence-electron chi connectivity index (χ4n) is 1.62. The second kappa shape index (κ2) is 6.12. The molecule has 0 saturated carbocycles. The Labute approximate surface area is 125 Å². The van der Waals surface area contributed by atoms with Crippen molar-refractivity contribution in [1.29, 1.82) is 0 Å². The van der Waals surface area contributed by atoms with Crippen LogP contribution in [0.3, 0.4) is 0 Å². The predicted octanol–water partition coefficient (Wildman–Crippen LogP) is 4.00. The van der Waals surface area contributed by atoms with Gasteiger partial charge in [0.25, 0.3) is 5.91 Å². The molecule has 0 unspecified atom stereocenters. The van der Waals surface area contributed by atoms with E-state index in [1.54, 1.807) is 37.4 Å². The molecule has 2 aromatic carbocycles. The van der Waals surface area contributed by atoms with Crippen molar-refractivity contribution in [2.24, 2.45) is 0 Å². The predicted molar refractivity (Wildman–Crippen MR) is 82.3 cm³/mol. The zero-order chi connectivity index (χ0) is 13.8. The molecule has 19 heavy (non-hydrogen) atoms. The molecule has 98 valence electrons. The smallest absolute Gasteiger partial charge is 0.255 e. The fraction of sp³-hybridized carbons (Fsp3) is 0.0714. The number of rotatable bonds is 3. The molecule has 3 nitrogen and oxygen atoms in total. The molecule has 0 spiro atoms. The maximum absolute atomic E-state index is 12.1. The summed E-state index contributed by atoms with van der Waals surface area (Å²) >= 11 is 7.58. The van der Waals surface area contributed by atoms with E-state index in [2.05, 4.69) is 33.9 Å². The van der Waals surface area contributed by atoms with Gasteiger partial charge in [0.05, 0.1) is 12.8 Å². The van der Waals surface area contributed by atoms with E-state index in [1.165, 1.54) is 0 Å². The fourth-order valence-corrected chi connectivity index (χ4v) is 2.21. The number of hydrogen-bond donors (Lipinski definition) is 2. The number of thiol groups is 1. The number of anilines is 1. The molecular formula is C14H12BrNO2S. The van der Waals surface area contributed by atoms with Gasteiger partial charge in [-0.15, -0.1) is 12.6 Å². The highest BCUT2D eigenvalue weighted by Gasteiger charge is 2.10. The van der Waals surface area contributed by atoms with Crippen molar-refractivity contribution in [1.82, 2.24) is 0 Å². The Kier molecular flexibility index (Phi) is 4.50. The molecule has 2 rings (SSSR count). The maximum Gasteiger partial charge on any atom is 0.255 e. The van der Waals surface area contributed by atoms with Gasteiger partial charge < -0.3 is 10.1 Å². The molecule has 0 atom stereocenters. The maximum atomic E-state index is 12.1. The largest absolute Gasteiger partial charge is 0.495 e. The molecule has 0 aliphatic carbocycles. The lowest BCUT2D eigenvalue weighted by Gasteiger charge is -2.10. The molecule has 0 saturated heterocycles. The van der Waals surface area contributed by atoms with Crippen LogP contribution in [0.4, 0.5) is 5.69 Å². The third kappa shape index (κ3) is 3.52. The summed E-state index contributed by atoms with van der Waals surface area (Å²) in [6.07, 6.45) is 0. The molecular weight excluding hydrogens is 326 g/mol. The highest BCUT2D eigenvalue weighted by atomic mass is 79.9. The van der Waals surface area contributed by atoms with E-state index in [-0.39, 0.29) is 5.91 Å². The van der Waals surface area contributed by atoms with Crippen LogP contribution in [-0.4, -0.2) is 13.0 Å². The lowest BCUT2D eigenvalue weighted by molar-refractivity contribution is 0.102. The summed E-state index contributed by atoms with van der Waals surface area (Å²) < 4.78 is 6.08. The summed E-state index contributed by atoms with van der Waals surface area (Å²) in [7, 11) is 1.56. The van der Waals surface area contributed by atoms with Crippen LogP contribution >= 0.6 is 28.6 Å². The SMILES string of the molecule is COc1ccc(Br)cc1NC(=O)c1cccc(S)c1. The van der Waals surface area contributed by atoms with Gasteiger partial charge in [-0.3, -0.25) is 4.79 Å². The first kappa shape index (κ1) is 14.0. The van der Waals surface area contributed by atoms with Crippen molar-refractivity contribution in [3.8, 4) is 5.75 Å². The van der Waals surface area contributed by atoms with Gasteiger partial charge in [-0.2, -0.15) is 0 Å². The van der Waals surface area contributed by atoms with Crippen molar-refractivity contribution < 1.29 is 9.53 Å². The molecule has 5 heteroatoms. The van der Waals surface area contributed by atoms with Crippen LogP contribution in [-0.2, 0) is 0 Å². The molecule has 2 aromatic rings. The van der Waals surface area contributed by atoms with Crippen molar-refractivity contribution in [2.45, 2.75) is 4.90 Å². The first-order chi connectivity index (χ1) is 9.10. The van der Waals surface area contributed by atoms with Crippen LogP contribution in [0, 0.1) is 0 Å². The van der Waals surface area contributed by atoms with Crippen molar-refractivity contribution in [3.63, 3.8) is 0 Å². The summed E-state index contributed by atoms with van der Waals surface area (Å²) in [6.45, 7) is 0. The third-order valence-corrected chi connectivity index (χ3v) is 3.29. The Bertz CT molecular complexity index is 616. The van der Waals surface area contributed by atoms with Crippen molar-refractivity contribution in [2.75, 3.05) is 12.4 Å². The number of carbonyl (C=O) groups is 1. The number of halogens is 1. The van der Waals surface area contributed by atoms with Crippen molar-refractivity contribution >= 4 is 40.2 Å². The minimum atomic E-state index is -0.202. The monoisotopic (exact) mass is 337 g/mol. The number of hydrogen-bond acceptors (Lipinski definition) is 3. The summed E-state index contributed by atoms with van der Waals surface area (Å²) in [5.41, 5.74) is 1.17. The van der Waals surface area contributed by atoms with E-state index < -0.39 is 0 Å². The average molecular weight is 338 g/mol. The van der Waals surface area contributed by atoms with E-state index >= 15 is 0 Å². The Morgan fingerprint density at radius 3 is 2.74 bits per heavy atom. The first-order valence-electron chi connectivity index (χ1n) is 5.54. The second-order valence-corrected chi connectivity index (χ2v) is 5.28. The number of methoxy groups -OCH3 is 1. The molecule has 0 aliphatic heterocycles. The highest BCUT2D eigenvalue weighted by molar-refractivity contribution is 9.10. The Morgan fingerprint density at radius 2 is 2.05 bits per heavy atom. The average Bonchev–Trinajstić information content (AvgIpc) is 2.39. The van der Waals surface area contributed by atoms with Gasteiger partial charge in [0.1, 0.15) is 5.75 Å². The van der Waals surface area contributed by atoms with Crippen LogP contribution in [0.2, 0.25) is 0 Å². The molecule has 0 aliphatic rings.